The minimum Gasteiger partial charge on any atom is -0.496 e. The summed E-state index contributed by atoms with van der Waals surface area (Å²) in [7, 11) is 2.00. The number of nitrogens with zero attached hydrogens (tertiary/aromatic N) is 1. The number of halogens is 1. The van der Waals surface area contributed by atoms with E-state index in [1.54, 1.807) is 31.4 Å². The molecular formula is C19H23ClN2O3S. The van der Waals surface area contributed by atoms with E-state index in [1.807, 2.05) is 6.07 Å². The van der Waals surface area contributed by atoms with Crippen LogP contribution < -0.4 is 9.46 Å². The summed E-state index contributed by atoms with van der Waals surface area (Å²) in [4.78, 5) is 2.27. The average molecular weight is 395 g/mol. The molecule has 5 nitrogen and oxygen atoms in total. The van der Waals surface area contributed by atoms with Crippen molar-refractivity contribution in [1.29, 1.82) is 0 Å². The number of rotatable bonds is 5. The molecule has 1 aliphatic rings. The van der Waals surface area contributed by atoms with Crippen molar-refractivity contribution >= 4 is 27.3 Å². The lowest BCUT2D eigenvalue weighted by atomic mass is 9.86. The van der Waals surface area contributed by atoms with Crippen LogP contribution in [0.3, 0.4) is 0 Å². The van der Waals surface area contributed by atoms with Gasteiger partial charge in [-0.3, -0.25) is 4.72 Å². The molecule has 0 fully saturated rings. The van der Waals surface area contributed by atoms with Crippen molar-refractivity contribution in [3.05, 3.63) is 52.5 Å². The first kappa shape index (κ1) is 19.0. The topological polar surface area (TPSA) is 58.6 Å². The second-order valence-electron chi connectivity index (χ2n) is 6.67. The molecule has 0 amide bonds. The zero-order valence-corrected chi connectivity index (χ0v) is 16.7. The number of benzene rings is 2. The molecule has 0 spiro atoms. The molecule has 0 heterocycles. The molecule has 1 unspecified atom stereocenters. The molecule has 0 saturated carbocycles. The van der Waals surface area contributed by atoms with E-state index in [0.29, 0.717) is 11.7 Å². The van der Waals surface area contributed by atoms with Crippen LogP contribution in [0.1, 0.15) is 17.5 Å². The molecular weight excluding hydrogens is 372 g/mol. The summed E-state index contributed by atoms with van der Waals surface area (Å²) >= 11 is 6.08. The Kier molecular flexibility index (Phi) is 5.46. The van der Waals surface area contributed by atoms with Gasteiger partial charge in [0.2, 0.25) is 0 Å². The fourth-order valence-corrected chi connectivity index (χ4v) is 5.03. The summed E-state index contributed by atoms with van der Waals surface area (Å²) in [5, 5.41) is 0.204. The van der Waals surface area contributed by atoms with Gasteiger partial charge in [-0.1, -0.05) is 23.7 Å². The monoisotopic (exact) mass is 394 g/mol. The maximum absolute atomic E-state index is 12.8. The predicted molar refractivity (Wildman–Crippen MR) is 105 cm³/mol. The highest BCUT2D eigenvalue weighted by Gasteiger charge is 2.27. The van der Waals surface area contributed by atoms with Crippen LogP contribution in [0.15, 0.2) is 41.3 Å². The molecule has 0 aromatic heterocycles. The molecule has 0 aliphatic heterocycles. The summed E-state index contributed by atoms with van der Waals surface area (Å²) in [5.41, 5.74) is 2.66. The summed E-state index contributed by atoms with van der Waals surface area (Å²) in [6.45, 7) is 0. The molecule has 1 N–H and O–H groups in total. The molecule has 2 aromatic rings. The Morgan fingerprint density at radius 3 is 2.54 bits per heavy atom. The molecule has 1 aliphatic carbocycles. The van der Waals surface area contributed by atoms with Gasteiger partial charge in [-0.05, 0) is 63.2 Å². The smallest absolute Gasteiger partial charge is 0.263 e. The van der Waals surface area contributed by atoms with Crippen molar-refractivity contribution < 1.29 is 13.2 Å². The minimum absolute atomic E-state index is 0.0770. The van der Waals surface area contributed by atoms with Crippen molar-refractivity contribution in [2.24, 2.45) is 0 Å². The number of methoxy groups -OCH3 is 1. The number of anilines is 1. The van der Waals surface area contributed by atoms with Gasteiger partial charge in [-0.15, -0.1) is 0 Å². The van der Waals surface area contributed by atoms with Gasteiger partial charge in [0.25, 0.3) is 10.0 Å². The van der Waals surface area contributed by atoms with Crippen LogP contribution in [0, 0.1) is 0 Å². The van der Waals surface area contributed by atoms with Crippen LogP contribution in [0.5, 0.6) is 5.75 Å². The maximum atomic E-state index is 12.8. The predicted octanol–water partition coefficient (Wildman–Crippen LogP) is 3.57. The highest BCUT2D eigenvalue weighted by atomic mass is 35.5. The maximum Gasteiger partial charge on any atom is 0.263 e. The first-order valence-electron chi connectivity index (χ1n) is 8.46. The van der Waals surface area contributed by atoms with Crippen molar-refractivity contribution in [2.45, 2.75) is 30.2 Å². The summed E-state index contributed by atoms with van der Waals surface area (Å²) in [5.74, 6) is 0.798. The quantitative estimate of drug-likeness (QED) is 0.842. The van der Waals surface area contributed by atoms with Crippen LogP contribution in [0.25, 0.3) is 0 Å². The summed E-state index contributed by atoms with van der Waals surface area (Å²) < 4.78 is 33.8. The fraction of sp³-hybridized carbons (Fsp3) is 0.368. The van der Waals surface area contributed by atoms with Crippen molar-refractivity contribution in [2.75, 3.05) is 25.9 Å². The van der Waals surface area contributed by atoms with E-state index in [9.17, 15) is 8.42 Å². The highest BCUT2D eigenvalue weighted by molar-refractivity contribution is 7.92. The Balaban J connectivity index is 2.00. The van der Waals surface area contributed by atoms with Crippen LogP contribution >= 0.6 is 11.6 Å². The molecule has 2 aromatic carbocycles. The van der Waals surface area contributed by atoms with E-state index in [-0.39, 0.29) is 9.92 Å². The first-order chi connectivity index (χ1) is 12.3. The van der Waals surface area contributed by atoms with Gasteiger partial charge in [-0.2, -0.15) is 0 Å². The lowest BCUT2D eigenvalue weighted by Crippen LogP contribution is -2.34. The number of fused-ring (bicyclic) bond motifs is 1. The number of sulfonamides is 1. The summed E-state index contributed by atoms with van der Waals surface area (Å²) in [6, 6.07) is 10.4. The SMILES string of the molecule is COc1ccc(NS(=O)(=O)c2ccccc2Cl)c2c1CC(N(C)C)CC2. The normalized spacial score (nSPS) is 17.0. The molecule has 7 heteroatoms. The molecule has 26 heavy (non-hydrogen) atoms. The second kappa shape index (κ2) is 7.47. The van der Waals surface area contributed by atoms with Crippen LogP contribution in [0.4, 0.5) is 5.69 Å². The highest BCUT2D eigenvalue weighted by Crippen LogP contribution is 2.37. The number of nitrogens with one attached hydrogen (secondary N) is 1. The van der Waals surface area contributed by atoms with E-state index in [2.05, 4.69) is 23.7 Å². The van der Waals surface area contributed by atoms with Crippen molar-refractivity contribution in [1.82, 2.24) is 4.90 Å². The Labute approximate surface area is 160 Å². The second-order valence-corrected chi connectivity index (χ2v) is 8.73. The van der Waals surface area contributed by atoms with Crippen LogP contribution in [0.2, 0.25) is 5.02 Å². The van der Waals surface area contributed by atoms with E-state index < -0.39 is 10.0 Å². The zero-order valence-electron chi connectivity index (χ0n) is 15.1. The molecule has 1 atom stereocenters. The van der Waals surface area contributed by atoms with E-state index in [4.69, 9.17) is 16.3 Å². The molecule has 0 bridgehead atoms. The minimum atomic E-state index is -3.76. The number of hydrogen-bond donors (Lipinski definition) is 1. The number of likely N-dealkylation sites (N-methyl/N-ethyl adjacent to an activating group) is 1. The Bertz CT molecular complexity index is 913. The molecule has 3 rings (SSSR count). The third kappa shape index (κ3) is 3.68. The molecule has 0 radical (unpaired) electrons. The third-order valence-electron chi connectivity index (χ3n) is 4.88. The molecule has 140 valence electrons. The van der Waals surface area contributed by atoms with Crippen LogP contribution in [-0.4, -0.2) is 40.6 Å². The Morgan fingerprint density at radius 2 is 1.88 bits per heavy atom. The van der Waals surface area contributed by atoms with Crippen molar-refractivity contribution in [3.63, 3.8) is 0 Å². The summed E-state index contributed by atoms with van der Waals surface area (Å²) in [6.07, 6.45) is 2.58. The number of hydrogen-bond acceptors (Lipinski definition) is 4. The van der Waals surface area contributed by atoms with E-state index in [0.717, 1.165) is 36.1 Å². The Morgan fingerprint density at radius 1 is 1.15 bits per heavy atom. The average Bonchev–Trinajstić information content (AvgIpc) is 2.61. The lowest BCUT2D eigenvalue weighted by Gasteiger charge is -2.32. The van der Waals surface area contributed by atoms with E-state index in [1.165, 1.54) is 6.07 Å². The largest absolute Gasteiger partial charge is 0.496 e. The Hall–Kier alpha value is -1.76. The van der Waals surface area contributed by atoms with Gasteiger partial charge in [0.05, 0.1) is 17.8 Å². The van der Waals surface area contributed by atoms with Gasteiger partial charge in [0.15, 0.2) is 0 Å². The van der Waals surface area contributed by atoms with Gasteiger partial charge in [-0.25, -0.2) is 8.42 Å². The van der Waals surface area contributed by atoms with Crippen LogP contribution in [-0.2, 0) is 22.9 Å². The van der Waals surface area contributed by atoms with E-state index >= 15 is 0 Å². The number of ether oxygens (including phenoxy) is 1. The van der Waals surface area contributed by atoms with Gasteiger partial charge in [0.1, 0.15) is 10.6 Å². The molecule has 0 saturated heterocycles. The standard InChI is InChI=1S/C19H23ClN2O3S/c1-22(2)13-8-9-14-15(12-13)18(25-3)11-10-17(14)21-26(23,24)19-7-5-4-6-16(19)20/h4-7,10-11,13,21H,8-9,12H2,1-3H3. The lowest BCUT2D eigenvalue weighted by molar-refractivity contribution is 0.265. The van der Waals surface area contributed by atoms with Gasteiger partial charge in [0, 0.05) is 11.6 Å². The van der Waals surface area contributed by atoms with Crippen molar-refractivity contribution in [3.8, 4) is 5.75 Å². The van der Waals surface area contributed by atoms with Gasteiger partial charge < -0.3 is 9.64 Å². The fourth-order valence-electron chi connectivity index (χ4n) is 3.42. The third-order valence-corrected chi connectivity index (χ3v) is 6.74. The first-order valence-corrected chi connectivity index (χ1v) is 10.3. The van der Waals surface area contributed by atoms with Gasteiger partial charge >= 0.3 is 0 Å². The zero-order chi connectivity index (χ0) is 18.9.